The van der Waals surface area contributed by atoms with Gasteiger partial charge in [-0.1, -0.05) is 13.8 Å². The molecule has 0 spiro atoms. The Morgan fingerprint density at radius 1 is 1.28 bits per heavy atom. The van der Waals surface area contributed by atoms with Gasteiger partial charge in [0.2, 0.25) is 0 Å². The Labute approximate surface area is 167 Å². The lowest BCUT2D eigenvalue weighted by Gasteiger charge is -2.20. The standard InChI is InChI=1S/C21H23FN6O/c1-4-27(11-9-18-23-16-8-7-14(22)12-17(16)24-18)21(29)15-6-5-10-28-19(13(2)3)25-26-20(15)28/h5-8,10,12-13H,4,9,11H2,1-3H3,(H,23,24). The van der Waals surface area contributed by atoms with Crippen LogP contribution in [0.2, 0.25) is 0 Å². The van der Waals surface area contributed by atoms with E-state index in [1.807, 2.05) is 37.4 Å². The zero-order valence-corrected chi connectivity index (χ0v) is 16.7. The van der Waals surface area contributed by atoms with Gasteiger partial charge in [-0.05, 0) is 37.3 Å². The first-order chi connectivity index (χ1) is 14.0. The number of imidazole rings is 1. The maximum absolute atomic E-state index is 13.4. The number of nitrogens with one attached hydrogen (secondary N) is 1. The van der Waals surface area contributed by atoms with Gasteiger partial charge in [0.1, 0.15) is 17.5 Å². The van der Waals surface area contributed by atoms with Crippen molar-refractivity contribution in [1.29, 1.82) is 0 Å². The van der Waals surface area contributed by atoms with Gasteiger partial charge >= 0.3 is 0 Å². The van der Waals surface area contributed by atoms with Crippen LogP contribution in [-0.2, 0) is 6.42 Å². The topological polar surface area (TPSA) is 79.2 Å². The lowest BCUT2D eigenvalue weighted by atomic mass is 10.2. The van der Waals surface area contributed by atoms with Crippen molar-refractivity contribution in [3.05, 3.63) is 59.6 Å². The van der Waals surface area contributed by atoms with Crippen molar-refractivity contribution in [3.8, 4) is 0 Å². The van der Waals surface area contributed by atoms with Crippen LogP contribution in [0.5, 0.6) is 0 Å². The molecule has 1 N–H and O–H groups in total. The predicted octanol–water partition coefficient (Wildman–Crippen LogP) is 3.57. The average Bonchev–Trinajstić information content (AvgIpc) is 3.31. The van der Waals surface area contributed by atoms with Crippen LogP contribution in [0.15, 0.2) is 36.5 Å². The Balaban J connectivity index is 1.56. The van der Waals surface area contributed by atoms with Crippen LogP contribution in [0.1, 0.15) is 48.7 Å². The smallest absolute Gasteiger partial charge is 0.257 e. The number of rotatable bonds is 6. The molecule has 0 unspecified atom stereocenters. The summed E-state index contributed by atoms with van der Waals surface area (Å²) in [5.41, 5.74) is 2.47. The van der Waals surface area contributed by atoms with Gasteiger partial charge in [0.25, 0.3) is 5.91 Å². The molecule has 0 atom stereocenters. The summed E-state index contributed by atoms with van der Waals surface area (Å²) in [7, 11) is 0. The number of hydrogen-bond donors (Lipinski definition) is 1. The third kappa shape index (κ3) is 3.57. The van der Waals surface area contributed by atoms with E-state index in [0.29, 0.717) is 41.8 Å². The predicted molar refractivity (Wildman–Crippen MR) is 108 cm³/mol. The third-order valence-electron chi connectivity index (χ3n) is 4.99. The van der Waals surface area contributed by atoms with Crippen LogP contribution >= 0.6 is 0 Å². The second-order valence-corrected chi connectivity index (χ2v) is 7.31. The molecule has 0 aliphatic rings. The number of fused-ring (bicyclic) bond motifs is 2. The molecule has 1 amide bonds. The molecule has 0 saturated heterocycles. The van der Waals surface area contributed by atoms with Crippen molar-refractivity contribution < 1.29 is 9.18 Å². The van der Waals surface area contributed by atoms with Gasteiger partial charge in [0.15, 0.2) is 5.65 Å². The molecule has 0 bridgehead atoms. The molecular formula is C21H23FN6O. The largest absolute Gasteiger partial charge is 0.342 e. The average molecular weight is 394 g/mol. The quantitative estimate of drug-likeness (QED) is 0.542. The molecule has 150 valence electrons. The van der Waals surface area contributed by atoms with E-state index in [1.54, 1.807) is 17.0 Å². The number of carbonyl (C=O) groups is 1. The maximum Gasteiger partial charge on any atom is 0.257 e. The van der Waals surface area contributed by atoms with E-state index in [-0.39, 0.29) is 17.6 Å². The molecule has 4 rings (SSSR count). The van der Waals surface area contributed by atoms with E-state index in [2.05, 4.69) is 20.2 Å². The number of benzene rings is 1. The van der Waals surface area contributed by atoms with Gasteiger partial charge < -0.3 is 9.88 Å². The number of likely N-dealkylation sites (N-methyl/N-ethyl adjacent to an activating group) is 1. The van der Waals surface area contributed by atoms with Crippen LogP contribution in [0.4, 0.5) is 4.39 Å². The van der Waals surface area contributed by atoms with Crippen LogP contribution in [0.3, 0.4) is 0 Å². The molecule has 4 aromatic rings. The number of aromatic amines is 1. The number of amides is 1. The molecule has 1 aromatic carbocycles. The Morgan fingerprint density at radius 3 is 2.86 bits per heavy atom. The highest BCUT2D eigenvalue weighted by Gasteiger charge is 2.20. The molecule has 3 heterocycles. The lowest BCUT2D eigenvalue weighted by molar-refractivity contribution is 0.0767. The Hall–Kier alpha value is -3.29. The number of H-pyrrole nitrogens is 1. The number of nitrogens with zero attached hydrogens (tertiary/aromatic N) is 5. The first-order valence-corrected chi connectivity index (χ1v) is 9.75. The highest BCUT2D eigenvalue weighted by atomic mass is 19.1. The summed E-state index contributed by atoms with van der Waals surface area (Å²) >= 11 is 0. The molecule has 29 heavy (non-hydrogen) atoms. The fourth-order valence-electron chi connectivity index (χ4n) is 3.46. The highest BCUT2D eigenvalue weighted by molar-refractivity contribution is 5.99. The van der Waals surface area contributed by atoms with E-state index >= 15 is 0 Å². The lowest BCUT2D eigenvalue weighted by Crippen LogP contribution is -2.33. The third-order valence-corrected chi connectivity index (χ3v) is 4.99. The van der Waals surface area contributed by atoms with Crippen LogP contribution in [-0.4, -0.2) is 48.5 Å². The SMILES string of the molecule is CCN(CCc1nc2ccc(F)cc2[nH]1)C(=O)c1cccn2c(C(C)C)nnc12. The number of halogens is 1. The minimum absolute atomic E-state index is 0.0945. The summed E-state index contributed by atoms with van der Waals surface area (Å²) in [6.07, 6.45) is 2.42. The van der Waals surface area contributed by atoms with Crippen molar-refractivity contribution in [2.45, 2.75) is 33.1 Å². The van der Waals surface area contributed by atoms with Crippen molar-refractivity contribution in [1.82, 2.24) is 29.5 Å². The summed E-state index contributed by atoms with van der Waals surface area (Å²) in [4.78, 5) is 22.5. The minimum Gasteiger partial charge on any atom is -0.342 e. The summed E-state index contributed by atoms with van der Waals surface area (Å²) in [5.74, 6) is 1.35. The van der Waals surface area contributed by atoms with Gasteiger partial charge in [-0.15, -0.1) is 10.2 Å². The zero-order chi connectivity index (χ0) is 20.5. The van der Waals surface area contributed by atoms with E-state index in [4.69, 9.17) is 0 Å². The number of hydrogen-bond acceptors (Lipinski definition) is 4. The van der Waals surface area contributed by atoms with Crippen LogP contribution in [0.25, 0.3) is 16.7 Å². The van der Waals surface area contributed by atoms with Gasteiger partial charge in [-0.3, -0.25) is 9.20 Å². The fourth-order valence-corrected chi connectivity index (χ4v) is 3.46. The second-order valence-electron chi connectivity index (χ2n) is 7.31. The van der Waals surface area contributed by atoms with Crippen molar-refractivity contribution in [3.63, 3.8) is 0 Å². The zero-order valence-electron chi connectivity index (χ0n) is 16.7. The van der Waals surface area contributed by atoms with Crippen molar-refractivity contribution in [2.24, 2.45) is 0 Å². The summed E-state index contributed by atoms with van der Waals surface area (Å²) in [5, 5.41) is 8.49. The summed E-state index contributed by atoms with van der Waals surface area (Å²) in [6.45, 7) is 7.07. The first-order valence-electron chi connectivity index (χ1n) is 9.75. The molecule has 0 aliphatic heterocycles. The molecule has 8 heteroatoms. The number of carbonyl (C=O) groups excluding carboxylic acids is 1. The van der Waals surface area contributed by atoms with Gasteiger partial charge in [0.05, 0.1) is 16.6 Å². The minimum atomic E-state index is -0.305. The van der Waals surface area contributed by atoms with Crippen LogP contribution in [0, 0.1) is 5.82 Å². The number of aromatic nitrogens is 5. The van der Waals surface area contributed by atoms with E-state index in [9.17, 15) is 9.18 Å². The van der Waals surface area contributed by atoms with Crippen molar-refractivity contribution >= 4 is 22.6 Å². The maximum atomic E-state index is 13.4. The fraction of sp³-hybridized carbons (Fsp3) is 0.333. The Kier molecular flexibility index (Phi) is 5.00. The van der Waals surface area contributed by atoms with E-state index in [1.165, 1.54) is 12.1 Å². The second kappa shape index (κ2) is 7.62. The van der Waals surface area contributed by atoms with E-state index < -0.39 is 0 Å². The van der Waals surface area contributed by atoms with Gasteiger partial charge in [-0.25, -0.2) is 9.37 Å². The molecular weight excluding hydrogens is 371 g/mol. The molecule has 0 radical (unpaired) electrons. The summed E-state index contributed by atoms with van der Waals surface area (Å²) in [6, 6.07) is 8.08. The summed E-state index contributed by atoms with van der Waals surface area (Å²) < 4.78 is 15.2. The van der Waals surface area contributed by atoms with E-state index in [0.717, 1.165) is 11.6 Å². The first kappa shape index (κ1) is 19.0. The Bertz CT molecular complexity index is 1180. The molecule has 3 aromatic heterocycles. The highest BCUT2D eigenvalue weighted by Crippen LogP contribution is 2.18. The van der Waals surface area contributed by atoms with Gasteiger partial charge in [0, 0.05) is 31.6 Å². The van der Waals surface area contributed by atoms with Gasteiger partial charge in [-0.2, -0.15) is 0 Å². The molecule has 7 nitrogen and oxygen atoms in total. The molecule has 0 saturated carbocycles. The normalized spacial score (nSPS) is 11.6. The Morgan fingerprint density at radius 2 is 2.10 bits per heavy atom. The monoisotopic (exact) mass is 394 g/mol. The molecule has 0 fully saturated rings. The molecule has 0 aliphatic carbocycles. The number of pyridine rings is 1. The van der Waals surface area contributed by atoms with Crippen LogP contribution < -0.4 is 0 Å². The van der Waals surface area contributed by atoms with Crippen molar-refractivity contribution in [2.75, 3.05) is 13.1 Å².